The van der Waals surface area contributed by atoms with Crippen LogP contribution in [-0.2, 0) is 10.3 Å². The van der Waals surface area contributed by atoms with Crippen molar-refractivity contribution in [3.63, 3.8) is 0 Å². The Bertz CT molecular complexity index is 755. The number of anilines is 1. The van der Waals surface area contributed by atoms with Crippen LogP contribution in [0.15, 0.2) is 34.3 Å². The fourth-order valence-electron chi connectivity index (χ4n) is 2.64. The quantitative estimate of drug-likeness (QED) is 0.764. The first-order valence-corrected chi connectivity index (χ1v) is 10.2. The second kappa shape index (κ2) is 7.37. The molecule has 0 bridgehead atoms. The first kappa shape index (κ1) is 18.3. The van der Waals surface area contributed by atoms with E-state index in [-0.39, 0.29) is 11.4 Å². The number of carbonyl (C=O) groups excluding carboxylic acids is 1. The molecule has 0 saturated carbocycles. The van der Waals surface area contributed by atoms with Crippen molar-refractivity contribution < 1.29 is 4.79 Å². The zero-order valence-corrected chi connectivity index (χ0v) is 16.6. The minimum atomic E-state index is -0.212. The van der Waals surface area contributed by atoms with Crippen LogP contribution in [0.3, 0.4) is 0 Å². The van der Waals surface area contributed by atoms with E-state index < -0.39 is 0 Å². The van der Waals surface area contributed by atoms with Gasteiger partial charge in [0.05, 0.1) is 17.0 Å². The molecular weight excluding hydrogens is 354 g/mol. The maximum Gasteiger partial charge on any atom is 0.237 e. The predicted molar refractivity (Wildman–Crippen MR) is 102 cm³/mol. The van der Waals surface area contributed by atoms with Crippen molar-refractivity contribution in [1.82, 2.24) is 20.2 Å². The van der Waals surface area contributed by atoms with Crippen molar-refractivity contribution in [2.24, 2.45) is 0 Å². The minimum absolute atomic E-state index is 0.0932. The standard InChI is InChI=1S/C17H23N5OS2/c1-12-9-10-21(13-7-5-6-8-14(13)25-12)15(23)11-24-16-18-19-20-22(16)17(2,3)4/h5-8,12H,9-11H2,1-4H3. The molecule has 1 aliphatic heterocycles. The number of hydrogen-bond donors (Lipinski definition) is 0. The van der Waals surface area contributed by atoms with E-state index in [2.05, 4.69) is 28.5 Å². The Hall–Kier alpha value is -1.54. The van der Waals surface area contributed by atoms with Gasteiger partial charge in [-0.1, -0.05) is 30.8 Å². The molecule has 8 heteroatoms. The van der Waals surface area contributed by atoms with Crippen molar-refractivity contribution in [3.8, 4) is 0 Å². The monoisotopic (exact) mass is 377 g/mol. The molecule has 0 spiro atoms. The normalized spacial score (nSPS) is 17.9. The van der Waals surface area contributed by atoms with Gasteiger partial charge in [0, 0.05) is 16.7 Å². The molecule has 1 amide bonds. The number of amides is 1. The lowest BCUT2D eigenvalue weighted by Gasteiger charge is -2.23. The van der Waals surface area contributed by atoms with Crippen LogP contribution in [0.25, 0.3) is 0 Å². The number of tetrazole rings is 1. The molecule has 134 valence electrons. The number of thioether (sulfide) groups is 2. The Morgan fingerprint density at radius 2 is 2.12 bits per heavy atom. The zero-order valence-electron chi connectivity index (χ0n) is 15.0. The van der Waals surface area contributed by atoms with Gasteiger partial charge >= 0.3 is 0 Å². The molecule has 1 aromatic heterocycles. The summed E-state index contributed by atoms with van der Waals surface area (Å²) in [5.41, 5.74) is 0.800. The molecule has 3 rings (SSSR count). The van der Waals surface area contributed by atoms with Gasteiger partial charge < -0.3 is 4.90 Å². The van der Waals surface area contributed by atoms with Gasteiger partial charge in [-0.3, -0.25) is 4.79 Å². The maximum atomic E-state index is 12.9. The summed E-state index contributed by atoms with van der Waals surface area (Å²) >= 11 is 3.23. The van der Waals surface area contributed by atoms with Crippen LogP contribution in [-0.4, -0.2) is 43.7 Å². The van der Waals surface area contributed by atoms with Crippen LogP contribution in [0.4, 0.5) is 5.69 Å². The first-order valence-electron chi connectivity index (χ1n) is 8.34. The number of rotatable bonds is 3. The molecular formula is C17H23N5OS2. The van der Waals surface area contributed by atoms with Crippen LogP contribution in [0.5, 0.6) is 0 Å². The van der Waals surface area contributed by atoms with Crippen LogP contribution in [0, 0.1) is 0 Å². The van der Waals surface area contributed by atoms with E-state index in [1.165, 1.54) is 16.7 Å². The number of carbonyl (C=O) groups is 1. The molecule has 25 heavy (non-hydrogen) atoms. The molecule has 1 unspecified atom stereocenters. The van der Waals surface area contributed by atoms with Crippen LogP contribution < -0.4 is 4.90 Å². The summed E-state index contributed by atoms with van der Waals surface area (Å²) < 4.78 is 1.76. The zero-order chi connectivity index (χ0) is 18.0. The van der Waals surface area contributed by atoms with Crippen LogP contribution in [0.2, 0.25) is 0 Å². The van der Waals surface area contributed by atoms with Gasteiger partial charge in [-0.25, -0.2) is 4.68 Å². The van der Waals surface area contributed by atoms with Gasteiger partial charge in [-0.15, -0.1) is 16.9 Å². The molecule has 0 N–H and O–H groups in total. The van der Waals surface area contributed by atoms with E-state index in [4.69, 9.17) is 0 Å². The van der Waals surface area contributed by atoms with Gasteiger partial charge in [0.1, 0.15) is 0 Å². The molecule has 0 saturated heterocycles. The van der Waals surface area contributed by atoms with E-state index in [0.717, 1.165) is 18.7 Å². The van der Waals surface area contributed by atoms with Gasteiger partial charge in [-0.05, 0) is 49.8 Å². The Balaban J connectivity index is 1.75. The largest absolute Gasteiger partial charge is 0.311 e. The van der Waals surface area contributed by atoms with Crippen molar-refractivity contribution >= 4 is 35.1 Å². The third kappa shape index (κ3) is 4.17. The summed E-state index contributed by atoms with van der Waals surface area (Å²) in [4.78, 5) is 16.0. The first-order chi connectivity index (χ1) is 11.9. The number of aromatic nitrogens is 4. The molecule has 0 fully saturated rings. The van der Waals surface area contributed by atoms with E-state index >= 15 is 0 Å². The summed E-state index contributed by atoms with van der Waals surface area (Å²) in [6, 6.07) is 8.14. The Morgan fingerprint density at radius 3 is 2.88 bits per heavy atom. The second-order valence-electron chi connectivity index (χ2n) is 7.06. The maximum absolute atomic E-state index is 12.9. The highest BCUT2D eigenvalue weighted by Gasteiger charge is 2.26. The van der Waals surface area contributed by atoms with E-state index in [9.17, 15) is 4.79 Å². The summed E-state index contributed by atoms with van der Waals surface area (Å²) in [6.45, 7) is 9.08. The number of para-hydroxylation sites is 1. The van der Waals surface area contributed by atoms with Crippen LogP contribution >= 0.6 is 23.5 Å². The summed E-state index contributed by atoms with van der Waals surface area (Å²) in [5, 5.41) is 13.0. The van der Waals surface area contributed by atoms with E-state index in [1.807, 2.05) is 55.6 Å². The number of fused-ring (bicyclic) bond motifs is 1. The lowest BCUT2D eigenvalue weighted by molar-refractivity contribution is -0.116. The fraction of sp³-hybridized carbons (Fsp3) is 0.529. The highest BCUT2D eigenvalue weighted by molar-refractivity contribution is 8.00. The highest BCUT2D eigenvalue weighted by atomic mass is 32.2. The SMILES string of the molecule is CC1CCN(C(=O)CSc2nnnn2C(C)(C)C)c2ccccc2S1. The molecule has 0 aliphatic carbocycles. The van der Waals surface area contributed by atoms with Crippen molar-refractivity contribution in [2.45, 2.75) is 55.0 Å². The molecule has 2 aromatic rings. The topological polar surface area (TPSA) is 63.9 Å². The lowest BCUT2D eigenvalue weighted by Crippen LogP contribution is -2.34. The summed E-state index contributed by atoms with van der Waals surface area (Å²) in [7, 11) is 0. The van der Waals surface area contributed by atoms with Gasteiger partial charge in [0.25, 0.3) is 0 Å². The average Bonchev–Trinajstić information content (AvgIpc) is 2.96. The third-order valence-corrected chi connectivity index (χ3v) is 6.09. The lowest BCUT2D eigenvalue weighted by atomic mass is 10.1. The minimum Gasteiger partial charge on any atom is -0.311 e. The predicted octanol–water partition coefficient (Wildman–Crippen LogP) is 3.44. The number of hydrogen-bond acceptors (Lipinski definition) is 6. The van der Waals surface area contributed by atoms with Gasteiger partial charge in [0.15, 0.2) is 0 Å². The summed E-state index contributed by atoms with van der Waals surface area (Å²) in [6.07, 6.45) is 0.982. The molecule has 1 atom stereocenters. The van der Waals surface area contributed by atoms with Crippen molar-refractivity contribution in [2.75, 3.05) is 17.2 Å². The number of nitrogens with zero attached hydrogens (tertiary/aromatic N) is 5. The summed E-state index contributed by atoms with van der Waals surface area (Å²) in [5.74, 6) is 0.416. The van der Waals surface area contributed by atoms with Crippen LogP contribution in [0.1, 0.15) is 34.1 Å². The highest BCUT2D eigenvalue weighted by Crippen LogP contribution is 2.37. The third-order valence-electron chi connectivity index (χ3n) is 3.95. The van der Waals surface area contributed by atoms with Gasteiger partial charge in [-0.2, -0.15) is 0 Å². The molecule has 0 radical (unpaired) electrons. The van der Waals surface area contributed by atoms with E-state index in [0.29, 0.717) is 16.2 Å². The molecule has 2 heterocycles. The molecule has 6 nitrogen and oxygen atoms in total. The number of benzene rings is 1. The fourth-order valence-corrected chi connectivity index (χ4v) is 4.69. The average molecular weight is 378 g/mol. The second-order valence-corrected chi connectivity index (χ2v) is 9.49. The van der Waals surface area contributed by atoms with E-state index in [1.54, 1.807) is 4.68 Å². The Morgan fingerprint density at radius 1 is 1.36 bits per heavy atom. The smallest absolute Gasteiger partial charge is 0.237 e. The Kier molecular flexibility index (Phi) is 5.38. The van der Waals surface area contributed by atoms with Crippen molar-refractivity contribution in [1.29, 1.82) is 0 Å². The Labute approximate surface area is 156 Å². The van der Waals surface area contributed by atoms with Crippen molar-refractivity contribution in [3.05, 3.63) is 24.3 Å². The molecule has 1 aliphatic rings. The van der Waals surface area contributed by atoms with Gasteiger partial charge in [0.2, 0.25) is 11.1 Å². The molecule has 1 aromatic carbocycles.